The van der Waals surface area contributed by atoms with E-state index in [0.717, 1.165) is 49.6 Å². The molecule has 2 saturated carbocycles. The number of carbonyl (C=O) groups excluding carboxylic acids is 1. The summed E-state index contributed by atoms with van der Waals surface area (Å²) >= 11 is 0. The van der Waals surface area contributed by atoms with Crippen LogP contribution in [0.15, 0.2) is 48.7 Å². The second-order valence-corrected chi connectivity index (χ2v) is 9.00. The van der Waals surface area contributed by atoms with Crippen LogP contribution in [0.4, 0.5) is 4.79 Å². The Hall–Kier alpha value is -3.28. The Labute approximate surface area is 187 Å². The number of nitrogens with one attached hydrogen (secondary N) is 1. The van der Waals surface area contributed by atoms with Gasteiger partial charge in [0.15, 0.2) is 5.78 Å². The molecule has 0 atom stereocenters. The van der Waals surface area contributed by atoms with Crippen LogP contribution in [0.25, 0.3) is 10.9 Å². The molecule has 1 amide bonds. The molecule has 2 heterocycles. The van der Waals surface area contributed by atoms with Crippen molar-refractivity contribution >= 4 is 22.8 Å². The number of aromatic nitrogens is 2. The van der Waals surface area contributed by atoms with Gasteiger partial charge in [-0.2, -0.15) is 0 Å². The Balaban J connectivity index is 1.33. The minimum absolute atomic E-state index is 0.0213. The predicted octanol–water partition coefficient (Wildman–Crippen LogP) is 5.43. The number of fused-ring (bicyclic) bond motifs is 1. The number of Topliss-reactive ketones (excluding diaryl/α,β-unsaturated/α-hetero) is 1. The van der Waals surface area contributed by atoms with Gasteiger partial charge in [-0.25, -0.2) is 9.78 Å². The summed E-state index contributed by atoms with van der Waals surface area (Å²) in [6.07, 6.45) is 6.64. The first kappa shape index (κ1) is 20.6. The highest BCUT2D eigenvalue weighted by Gasteiger charge is 2.34. The van der Waals surface area contributed by atoms with E-state index in [0.29, 0.717) is 23.2 Å². The summed E-state index contributed by atoms with van der Waals surface area (Å²) in [6.45, 7) is 0.114. The minimum atomic E-state index is -1.09. The van der Waals surface area contributed by atoms with E-state index in [1.165, 1.54) is 10.9 Å². The second-order valence-electron chi connectivity index (χ2n) is 9.00. The summed E-state index contributed by atoms with van der Waals surface area (Å²) in [6, 6.07) is 14.2. The summed E-state index contributed by atoms with van der Waals surface area (Å²) in [5.74, 6) is 0.963. The zero-order valence-electron chi connectivity index (χ0n) is 18.0. The molecule has 1 aromatic carbocycles. The maximum Gasteiger partial charge on any atom is 0.404 e. The van der Waals surface area contributed by atoms with E-state index >= 15 is 0 Å². The Morgan fingerprint density at radius 1 is 0.906 bits per heavy atom. The summed E-state index contributed by atoms with van der Waals surface area (Å²) in [4.78, 5) is 33.4. The van der Waals surface area contributed by atoms with Gasteiger partial charge in [0.25, 0.3) is 0 Å². The molecule has 5 rings (SSSR count). The van der Waals surface area contributed by atoms with Gasteiger partial charge in [-0.15, -0.1) is 0 Å². The van der Waals surface area contributed by atoms with Crippen LogP contribution in [0.2, 0.25) is 0 Å². The van der Waals surface area contributed by atoms with E-state index in [2.05, 4.69) is 33.5 Å². The molecule has 6 nitrogen and oxygen atoms in total. The van der Waals surface area contributed by atoms with Crippen molar-refractivity contribution in [3.8, 4) is 0 Å². The molecule has 2 aromatic heterocycles. The van der Waals surface area contributed by atoms with Crippen molar-refractivity contribution in [2.75, 3.05) is 0 Å². The highest BCUT2D eigenvalue weighted by Crippen LogP contribution is 2.43. The molecule has 32 heavy (non-hydrogen) atoms. The number of para-hydroxylation sites is 1. The first-order chi connectivity index (χ1) is 15.6. The van der Waals surface area contributed by atoms with Crippen LogP contribution in [-0.4, -0.2) is 27.0 Å². The van der Waals surface area contributed by atoms with Crippen LogP contribution in [0.3, 0.4) is 0 Å². The highest BCUT2D eigenvalue weighted by molar-refractivity contribution is 5.98. The molecule has 2 fully saturated rings. The molecule has 0 spiro atoms. The maximum atomic E-state index is 13.5. The highest BCUT2D eigenvalue weighted by atomic mass is 16.4. The number of hydrogen-bond donors (Lipinski definition) is 2. The topological polar surface area (TPSA) is 92.2 Å². The van der Waals surface area contributed by atoms with Crippen LogP contribution in [-0.2, 0) is 6.54 Å². The van der Waals surface area contributed by atoms with Gasteiger partial charge in [-0.3, -0.25) is 9.78 Å². The molecule has 0 unspecified atom stereocenters. The van der Waals surface area contributed by atoms with Gasteiger partial charge >= 0.3 is 6.09 Å². The van der Waals surface area contributed by atoms with Crippen molar-refractivity contribution in [2.24, 2.45) is 5.92 Å². The lowest BCUT2D eigenvalue weighted by Crippen LogP contribution is -2.25. The van der Waals surface area contributed by atoms with Crippen molar-refractivity contribution in [3.05, 3.63) is 71.2 Å². The number of rotatable bonds is 6. The summed E-state index contributed by atoms with van der Waals surface area (Å²) in [5, 5.41) is 12.4. The molecule has 0 bridgehead atoms. The third-order valence-electron chi connectivity index (χ3n) is 6.88. The van der Waals surface area contributed by atoms with Crippen molar-refractivity contribution in [1.82, 2.24) is 15.3 Å². The molecular formula is C26H27N3O3. The van der Waals surface area contributed by atoms with E-state index in [-0.39, 0.29) is 18.2 Å². The number of ketones is 1. The lowest BCUT2D eigenvalue weighted by atomic mass is 9.75. The monoisotopic (exact) mass is 429 g/mol. The Bertz CT molecular complexity index is 1160. The largest absolute Gasteiger partial charge is 0.465 e. The summed E-state index contributed by atoms with van der Waals surface area (Å²) < 4.78 is 0. The van der Waals surface area contributed by atoms with Crippen LogP contribution in [0.5, 0.6) is 0 Å². The zero-order valence-corrected chi connectivity index (χ0v) is 18.0. The van der Waals surface area contributed by atoms with Crippen LogP contribution in [0, 0.1) is 5.92 Å². The molecule has 164 valence electrons. The quantitative estimate of drug-likeness (QED) is 0.510. The molecule has 2 aliphatic carbocycles. The Kier molecular flexibility index (Phi) is 5.60. The molecule has 2 aliphatic rings. The fraction of sp³-hybridized carbons (Fsp3) is 0.385. The number of hydrogen-bond acceptors (Lipinski definition) is 4. The molecular weight excluding hydrogens is 402 g/mol. The molecule has 3 aromatic rings. The van der Waals surface area contributed by atoms with E-state index < -0.39 is 6.09 Å². The maximum absolute atomic E-state index is 13.5. The third kappa shape index (κ3) is 4.22. The molecule has 0 aliphatic heterocycles. The van der Waals surface area contributed by atoms with Crippen molar-refractivity contribution < 1.29 is 14.7 Å². The first-order valence-corrected chi connectivity index (χ1v) is 11.4. The Morgan fingerprint density at radius 3 is 2.38 bits per heavy atom. The fourth-order valence-electron chi connectivity index (χ4n) is 5.03. The summed E-state index contributed by atoms with van der Waals surface area (Å²) in [5.41, 5.74) is 4.55. The minimum Gasteiger partial charge on any atom is -0.465 e. The van der Waals surface area contributed by atoms with Gasteiger partial charge in [0, 0.05) is 17.5 Å². The lowest BCUT2D eigenvalue weighted by molar-refractivity contribution is 0.0877. The number of pyridine rings is 2. The molecule has 2 N–H and O–H groups in total. The third-order valence-corrected chi connectivity index (χ3v) is 6.88. The van der Waals surface area contributed by atoms with E-state index in [4.69, 9.17) is 5.11 Å². The Morgan fingerprint density at radius 2 is 1.62 bits per heavy atom. The van der Waals surface area contributed by atoms with E-state index in [1.807, 2.05) is 30.5 Å². The lowest BCUT2D eigenvalue weighted by Gasteiger charge is -2.29. The number of nitrogens with zero attached hydrogens (tertiary/aromatic N) is 2. The van der Waals surface area contributed by atoms with Crippen molar-refractivity contribution in [1.29, 1.82) is 0 Å². The van der Waals surface area contributed by atoms with Crippen LogP contribution in [0.1, 0.15) is 77.7 Å². The SMILES string of the molecule is O=C(O)NCc1ccc(C2CC2)c(C(=O)C2CCC(c3ccnc4ccccc34)CC2)n1. The molecule has 0 radical (unpaired) electrons. The van der Waals surface area contributed by atoms with Crippen molar-refractivity contribution in [2.45, 2.75) is 56.9 Å². The van der Waals surface area contributed by atoms with E-state index in [9.17, 15) is 9.59 Å². The predicted molar refractivity (Wildman–Crippen MR) is 122 cm³/mol. The van der Waals surface area contributed by atoms with Gasteiger partial charge in [0.05, 0.1) is 17.8 Å². The summed E-state index contributed by atoms with van der Waals surface area (Å²) in [7, 11) is 0. The van der Waals surface area contributed by atoms with Gasteiger partial charge in [-0.1, -0.05) is 24.3 Å². The standard InChI is InChI=1S/C26H27N3O3/c30-25(24-21(17-5-6-17)12-11-19(29-24)15-28-26(31)32)18-9-7-16(8-10-18)20-13-14-27-23-4-2-1-3-22(20)23/h1-4,11-14,16-18,28H,5-10,15H2,(H,31,32). The average Bonchev–Trinajstić information content (AvgIpc) is 3.67. The smallest absolute Gasteiger partial charge is 0.404 e. The van der Waals surface area contributed by atoms with Crippen LogP contribution >= 0.6 is 0 Å². The molecule has 0 saturated heterocycles. The number of benzene rings is 1. The number of amides is 1. The van der Waals surface area contributed by atoms with Gasteiger partial charge in [0.2, 0.25) is 0 Å². The normalized spacial score (nSPS) is 20.8. The van der Waals surface area contributed by atoms with Crippen LogP contribution < -0.4 is 5.32 Å². The van der Waals surface area contributed by atoms with Gasteiger partial charge in [-0.05, 0) is 79.7 Å². The van der Waals surface area contributed by atoms with Gasteiger partial charge in [0.1, 0.15) is 5.69 Å². The average molecular weight is 430 g/mol. The first-order valence-electron chi connectivity index (χ1n) is 11.4. The second kappa shape index (κ2) is 8.69. The molecule has 6 heteroatoms. The zero-order chi connectivity index (χ0) is 22.1. The van der Waals surface area contributed by atoms with E-state index in [1.54, 1.807) is 0 Å². The van der Waals surface area contributed by atoms with Gasteiger partial charge < -0.3 is 10.4 Å². The number of carbonyl (C=O) groups is 2. The fourth-order valence-corrected chi connectivity index (χ4v) is 5.03. The number of carboxylic acid groups (broad SMARTS) is 1. The van der Waals surface area contributed by atoms with Crippen molar-refractivity contribution in [3.63, 3.8) is 0 Å².